The number of carboxylic acid groups (broad SMARTS) is 4. The van der Waals surface area contributed by atoms with Gasteiger partial charge in [0.15, 0.2) is 52.1 Å². The summed E-state index contributed by atoms with van der Waals surface area (Å²) < 4.78 is 76.5. The van der Waals surface area contributed by atoms with Gasteiger partial charge in [0, 0.05) is 43.5 Å². The summed E-state index contributed by atoms with van der Waals surface area (Å²) in [7, 11) is 0. The molecule has 0 bridgehead atoms. The molecule has 0 aliphatic carbocycles. The lowest BCUT2D eigenvalue weighted by Crippen LogP contribution is -2.20. The molecule has 30 heteroatoms. The highest BCUT2D eigenvalue weighted by molar-refractivity contribution is 5.87. The molecule has 4 aromatic heterocycles. The van der Waals surface area contributed by atoms with Gasteiger partial charge in [-0.25, -0.2) is 14.4 Å². The zero-order chi connectivity index (χ0) is 89.9. The van der Waals surface area contributed by atoms with Crippen molar-refractivity contribution < 1.29 is 124 Å². The van der Waals surface area contributed by atoms with Gasteiger partial charge in [0.05, 0.1) is 76.8 Å². The van der Waals surface area contributed by atoms with Crippen LogP contribution in [-0.4, -0.2) is 146 Å². The Balaban J connectivity index is 0.000000189. The van der Waals surface area contributed by atoms with Crippen molar-refractivity contribution in [2.45, 2.75) is 112 Å². The normalized spacial score (nSPS) is 11.3. The summed E-state index contributed by atoms with van der Waals surface area (Å²) in [5, 5.41) is 36.0. The Morgan fingerprint density at radius 1 is 0.288 bits per heavy atom. The van der Waals surface area contributed by atoms with E-state index in [4.69, 9.17) is 85.5 Å². The molecule has 0 fully saturated rings. The molecule has 4 heterocycles. The second-order valence-corrected chi connectivity index (χ2v) is 28.4. The maximum atomic E-state index is 13.0. The number of ether oxygens (including phenoxy) is 10. The molecule has 12 aromatic rings. The number of hydrogen-bond acceptors (Lipinski definition) is 26. The van der Waals surface area contributed by atoms with Crippen molar-refractivity contribution in [1.29, 1.82) is 0 Å². The van der Waals surface area contributed by atoms with Crippen LogP contribution in [0.25, 0.3) is 88.4 Å². The molecule has 4 N–H and O–H groups in total. The molecule has 654 valence electrons. The van der Waals surface area contributed by atoms with E-state index in [-0.39, 0.29) is 90.9 Å². The molecule has 0 aliphatic heterocycles. The molecule has 0 saturated heterocycles. The third-order valence-corrected chi connectivity index (χ3v) is 18.7. The third kappa shape index (κ3) is 29.7. The summed E-state index contributed by atoms with van der Waals surface area (Å²) in [6.45, 7) is 10.1. The second-order valence-electron chi connectivity index (χ2n) is 28.4. The van der Waals surface area contributed by atoms with E-state index < -0.39 is 42.7 Å². The van der Waals surface area contributed by atoms with Crippen molar-refractivity contribution in [3.8, 4) is 90.5 Å². The number of fused-ring (bicyclic) bond motifs is 4. The number of carboxylic acids is 4. The van der Waals surface area contributed by atoms with Crippen molar-refractivity contribution in [2.75, 3.05) is 66.1 Å². The Kier molecular flexibility index (Phi) is 35.9. The average Bonchev–Trinajstić information content (AvgIpc) is 0.804. The number of aliphatic carboxylic acids is 4. The number of carbonyl (C=O) groups is 8. The van der Waals surface area contributed by atoms with Crippen LogP contribution in [0.5, 0.6) is 46.0 Å². The van der Waals surface area contributed by atoms with Crippen molar-refractivity contribution >= 4 is 90.9 Å². The third-order valence-electron chi connectivity index (χ3n) is 18.7. The van der Waals surface area contributed by atoms with E-state index in [1.54, 1.807) is 185 Å². The first-order valence-corrected chi connectivity index (χ1v) is 39.8. The summed E-state index contributed by atoms with van der Waals surface area (Å²) in [4.78, 5) is 138. The molecule has 0 radical (unpaired) electrons. The fourth-order valence-corrected chi connectivity index (χ4v) is 11.9. The molecule has 12 rings (SSSR count). The monoisotopic (exact) mass is 1710 g/mol. The maximum absolute atomic E-state index is 13.0. The van der Waals surface area contributed by atoms with Gasteiger partial charge in [-0.05, 0) is 199 Å². The SMILES string of the molecule is CC(=O)C(C)Oc1ccc(-c2coc3cc(OCCCCCC(=O)O)ccc3c2=O)cc1.CC(=O)C(C)Oc1ccc(-c2coc3cc(OCCOCC(=O)O)ccc3c2=O)cc1.CC(=O)CCCCCOc1ccc(-c2coc3cc(OCC(=O)O)ccc3c2=O)cc1.CC(=O)CCOc1ccc(-c2coc3cc(OCCOCC(=O)O)ccc3c2=O)cc1. The first kappa shape index (κ1) is 94.3. The molecule has 125 heavy (non-hydrogen) atoms. The standard InChI is InChI=1S/C25H26O7.C24H24O7.2C23H22O8/c1-16(26)17(2)32-19-9-7-18(8-10-19)22-15-31-23-14-20(11-12-21(23)25(22)29)30-13-5-3-4-6-24(27)28;1-16(25)5-3-2-4-12-29-18-8-6-17(7-9-18)21-14-31-22-13-19(30-15-23(26)27)10-11-20(22)24(21)28;1-14(24)15(2)31-17-5-3-16(4-6-17)20-12-30-21-11-18(7-8-19(21)23(20)27)29-10-9-28-13-22(25)26;1-15(24)8-9-29-17-4-2-16(3-5-17)20-13-31-21-12-18(6-7-19(21)23(20)27)30-11-10-28-14-22(25)26/h7-12,14-15,17H,3-6,13H2,1-2H3,(H,27,28);6-11,13-14H,2-5,12,15H2,1H3,(H,26,27);3-8,11-12,15H,9-10,13H2,1-2H3,(H,25,26);2-7,12-13H,8-11,14H2,1H3,(H,25,26). The van der Waals surface area contributed by atoms with Gasteiger partial charge in [-0.2, -0.15) is 0 Å². The first-order valence-electron chi connectivity index (χ1n) is 39.8. The van der Waals surface area contributed by atoms with E-state index in [1.165, 1.54) is 51.9 Å². The smallest absolute Gasteiger partial charge is 0.341 e. The van der Waals surface area contributed by atoms with Crippen LogP contribution >= 0.6 is 0 Å². The average molecular weight is 1720 g/mol. The van der Waals surface area contributed by atoms with E-state index in [0.717, 1.165) is 32.1 Å². The number of carbonyl (C=O) groups excluding carboxylic acids is 4. The fourth-order valence-electron chi connectivity index (χ4n) is 11.9. The largest absolute Gasteiger partial charge is 0.494 e. The van der Waals surface area contributed by atoms with Gasteiger partial charge in [0.1, 0.15) is 131 Å². The predicted molar refractivity (Wildman–Crippen MR) is 461 cm³/mol. The lowest BCUT2D eigenvalue weighted by Gasteiger charge is -2.12. The van der Waals surface area contributed by atoms with Crippen molar-refractivity contribution in [3.63, 3.8) is 0 Å². The summed E-state index contributed by atoms with van der Waals surface area (Å²) in [6, 6.07) is 47.4. The zero-order valence-corrected chi connectivity index (χ0v) is 69.5. The van der Waals surface area contributed by atoms with Crippen LogP contribution in [0.2, 0.25) is 0 Å². The number of Topliss-reactive ketones (excluding diaryl/α,β-unsaturated/α-hetero) is 4. The minimum atomic E-state index is -1.09. The van der Waals surface area contributed by atoms with Crippen molar-refractivity contribution in [1.82, 2.24) is 0 Å². The van der Waals surface area contributed by atoms with Crippen LogP contribution in [-0.2, 0) is 47.8 Å². The quantitative estimate of drug-likeness (QED) is 0.0258. The summed E-state index contributed by atoms with van der Waals surface area (Å²) in [6.07, 6.45) is 10.5. The van der Waals surface area contributed by atoms with Gasteiger partial charge >= 0.3 is 23.9 Å². The molecule has 0 aliphatic rings. The highest BCUT2D eigenvalue weighted by Crippen LogP contribution is 2.31. The van der Waals surface area contributed by atoms with E-state index in [9.17, 15) is 57.5 Å². The van der Waals surface area contributed by atoms with E-state index in [1.807, 2.05) is 0 Å². The van der Waals surface area contributed by atoms with Gasteiger partial charge in [-0.3, -0.25) is 38.4 Å². The van der Waals surface area contributed by atoms with Gasteiger partial charge in [0.25, 0.3) is 0 Å². The van der Waals surface area contributed by atoms with Gasteiger partial charge < -0.3 is 90.3 Å². The van der Waals surface area contributed by atoms with Gasteiger partial charge in [0.2, 0.25) is 0 Å². The molecule has 0 amide bonds. The predicted octanol–water partition coefficient (Wildman–Crippen LogP) is 15.9. The lowest BCUT2D eigenvalue weighted by atomic mass is 10.1. The summed E-state index contributed by atoms with van der Waals surface area (Å²) in [5.74, 6) is 0.433. The van der Waals surface area contributed by atoms with Crippen molar-refractivity contribution in [3.05, 3.63) is 236 Å². The van der Waals surface area contributed by atoms with E-state index in [0.29, 0.717) is 173 Å². The minimum absolute atomic E-state index is 0.0606. The van der Waals surface area contributed by atoms with E-state index >= 15 is 0 Å². The highest BCUT2D eigenvalue weighted by Gasteiger charge is 2.19. The van der Waals surface area contributed by atoms with Crippen LogP contribution < -0.4 is 59.6 Å². The first-order chi connectivity index (χ1) is 60.1. The topological polar surface area (TPSA) is 431 Å². The lowest BCUT2D eigenvalue weighted by molar-refractivity contribution is -0.143. The molecule has 30 nitrogen and oxygen atoms in total. The van der Waals surface area contributed by atoms with Crippen LogP contribution in [0.1, 0.15) is 99.3 Å². The molecule has 0 spiro atoms. The highest BCUT2D eigenvalue weighted by atomic mass is 16.5. The number of ketones is 4. The van der Waals surface area contributed by atoms with Crippen molar-refractivity contribution in [2.24, 2.45) is 0 Å². The number of unbranched alkanes of at least 4 members (excludes halogenated alkanes) is 4. The van der Waals surface area contributed by atoms with Gasteiger partial charge in [-0.15, -0.1) is 0 Å². The molecular weight excluding hydrogens is 1620 g/mol. The Morgan fingerprint density at radius 2 is 0.568 bits per heavy atom. The second kappa shape index (κ2) is 47.6. The minimum Gasteiger partial charge on any atom is -0.494 e. The Bertz CT molecular complexity index is 5960. The summed E-state index contributed by atoms with van der Waals surface area (Å²) in [5.41, 5.74) is 5.18. The Labute approximate surface area is 715 Å². The summed E-state index contributed by atoms with van der Waals surface area (Å²) >= 11 is 0. The number of hydrogen-bond donors (Lipinski definition) is 4. The van der Waals surface area contributed by atoms with Crippen LogP contribution in [0.4, 0.5) is 0 Å². The zero-order valence-electron chi connectivity index (χ0n) is 69.5. The van der Waals surface area contributed by atoms with Gasteiger partial charge in [-0.1, -0.05) is 48.5 Å². The van der Waals surface area contributed by atoms with Crippen LogP contribution in [0.15, 0.2) is 232 Å². The molecule has 2 unspecified atom stereocenters. The Morgan fingerprint density at radius 3 is 0.872 bits per heavy atom. The number of benzene rings is 8. The van der Waals surface area contributed by atoms with E-state index in [2.05, 4.69) is 0 Å². The van der Waals surface area contributed by atoms with Crippen LogP contribution in [0.3, 0.4) is 0 Å². The molecule has 8 aromatic carbocycles. The Hall–Kier alpha value is -14.5. The number of rotatable bonds is 43. The fraction of sp³-hybridized carbons (Fsp3) is 0.284. The maximum Gasteiger partial charge on any atom is 0.341 e. The molecule has 0 saturated carbocycles. The molecule has 2 atom stereocenters. The van der Waals surface area contributed by atoms with Crippen LogP contribution in [0, 0.1) is 0 Å². The molecular formula is C95H94O30.